The van der Waals surface area contributed by atoms with Crippen LogP contribution in [0.1, 0.15) is 27.3 Å². The third-order valence-electron chi connectivity index (χ3n) is 3.97. The van der Waals surface area contributed by atoms with Crippen LogP contribution in [0.4, 0.5) is 0 Å². The first-order valence-electron chi connectivity index (χ1n) is 8.82. The predicted octanol–water partition coefficient (Wildman–Crippen LogP) is 3.08. The Morgan fingerprint density at radius 3 is 2.24 bits per heavy atom. The summed E-state index contributed by atoms with van der Waals surface area (Å²) in [4.78, 5) is 23.2. The van der Waals surface area contributed by atoms with E-state index in [-0.39, 0.29) is 11.3 Å². The maximum atomic E-state index is 12.7. The number of phenolic OH excluding ortho intramolecular Hbond substituents is 1. The molecular formula is C21H20ClN5O2. The van der Waals surface area contributed by atoms with Crippen LogP contribution in [0, 0.1) is 0 Å². The summed E-state index contributed by atoms with van der Waals surface area (Å²) in [6.45, 7) is 0.434. The maximum Gasteiger partial charge on any atom is 0.275 e. The number of pyridine rings is 2. The van der Waals surface area contributed by atoms with Gasteiger partial charge in [-0.2, -0.15) is 5.10 Å². The fourth-order valence-corrected chi connectivity index (χ4v) is 2.95. The Hall–Kier alpha value is -3.29. The summed E-state index contributed by atoms with van der Waals surface area (Å²) in [6.07, 6.45) is 3.26. The molecule has 29 heavy (non-hydrogen) atoms. The Morgan fingerprint density at radius 2 is 1.72 bits per heavy atom. The van der Waals surface area contributed by atoms with Gasteiger partial charge in [0.2, 0.25) is 0 Å². The fourth-order valence-electron chi connectivity index (χ4n) is 2.71. The number of hydrazone groups is 1. The molecule has 8 heteroatoms. The second-order valence-corrected chi connectivity index (χ2v) is 6.97. The van der Waals surface area contributed by atoms with E-state index < -0.39 is 5.91 Å². The van der Waals surface area contributed by atoms with Crippen molar-refractivity contribution >= 4 is 23.2 Å². The van der Waals surface area contributed by atoms with Crippen molar-refractivity contribution in [3.05, 3.63) is 88.5 Å². The third-order valence-corrected chi connectivity index (χ3v) is 4.19. The van der Waals surface area contributed by atoms with Gasteiger partial charge in [0, 0.05) is 29.5 Å². The van der Waals surface area contributed by atoms with Crippen molar-refractivity contribution in [3.63, 3.8) is 0 Å². The molecule has 7 nitrogen and oxygen atoms in total. The van der Waals surface area contributed by atoms with Crippen LogP contribution in [0.3, 0.4) is 0 Å². The SMILES string of the molecule is CN(C)Cc1cc(Cl)cc(C(=O)NN=C(c2ccccn2)c2ccccn2)c1O. The number of carbonyl (C=O) groups excluding carboxylic acids is 1. The van der Waals surface area contributed by atoms with Gasteiger partial charge in [-0.1, -0.05) is 23.7 Å². The van der Waals surface area contributed by atoms with E-state index in [9.17, 15) is 9.90 Å². The van der Waals surface area contributed by atoms with Gasteiger partial charge < -0.3 is 10.0 Å². The zero-order valence-corrected chi connectivity index (χ0v) is 16.8. The third kappa shape index (κ3) is 5.16. The van der Waals surface area contributed by atoms with E-state index in [4.69, 9.17) is 11.6 Å². The summed E-state index contributed by atoms with van der Waals surface area (Å²) < 4.78 is 0. The largest absolute Gasteiger partial charge is 0.507 e. The number of carbonyl (C=O) groups is 1. The van der Waals surface area contributed by atoms with Crippen LogP contribution < -0.4 is 5.43 Å². The fraction of sp³-hybridized carbons (Fsp3) is 0.143. The average molecular weight is 410 g/mol. The highest BCUT2D eigenvalue weighted by atomic mass is 35.5. The molecule has 0 saturated heterocycles. The number of aromatic hydroxyl groups is 1. The number of phenols is 1. The number of nitrogens with one attached hydrogen (secondary N) is 1. The van der Waals surface area contributed by atoms with Crippen molar-refractivity contribution in [2.45, 2.75) is 6.54 Å². The molecule has 0 unspecified atom stereocenters. The number of benzene rings is 1. The molecule has 2 aromatic heterocycles. The van der Waals surface area contributed by atoms with Gasteiger partial charge in [-0.3, -0.25) is 14.8 Å². The number of halogens is 1. The zero-order valence-electron chi connectivity index (χ0n) is 16.0. The van der Waals surface area contributed by atoms with Crippen molar-refractivity contribution in [1.82, 2.24) is 20.3 Å². The minimum absolute atomic E-state index is 0.0412. The first kappa shape index (κ1) is 20.4. The second-order valence-electron chi connectivity index (χ2n) is 6.53. The molecule has 0 radical (unpaired) electrons. The quantitative estimate of drug-likeness (QED) is 0.482. The van der Waals surface area contributed by atoms with Crippen LogP contribution in [0.15, 0.2) is 66.0 Å². The molecular weight excluding hydrogens is 390 g/mol. The molecule has 0 bridgehead atoms. The zero-order chi connectivity index (χ0) is 20.8. The van der Waals surface area contributed by atoms with Gasteiger partial charge >= 0.3 is 0 Å². The Balaban J connectivity index is 1.94. The van der Waals surface area contributed by atoms with E-state index >= 15 is 0 Å². The van der Waals surface area contributed by atoms with E-state index in [0.29, 0.717) is 34.2 Å². The molecule has 148 valence electrons. The summed E-state index contributed by atoms with van der Waals surface area (Å²) in [7, 11) is 3.72. The Labute approximate surface area is 173 Å². The molecule has 0 atom stereocenters. The van der Waals surface area contributed by atoms with Gasteiger partial charge in [-0.15, -0.1) is 0 Å². The molecule has 3 aromatic rings. The molecule has 1 aromatic carbocycles. The number of hydrogen-bond acceptors (Lipinski definition) is 6. The van der Waals surface area contributed by atoms with Gasteiger partial charge in [0.1, 0.15) is 11.5 Å². The lowest BCUT2D eigenvalue weighted by molar-refractivity contribution is 0.0952. The average Bonchev–Trinajstić information content (AvgIpc) is 2.71. The van der Waals surface area contributed by atoms with Crippen LogP contribution in [-0.2, 0) is 6.54 Å². The molecule has 0 aliphatic rings. The number of rotatable bonds is 6. The first-order valence-corrected chi connectivity index (χ1v) is 9.20. The molecule has 0 fully saturated rings. The summed E-state index contributed by atoms with van der Waals surface area (Å²) in [5.74, 6) is -0.720. The Kier molecular flexibility index (Phi) is 6.54. The smallest absolute Gasteiger partial charge is 0.275 e. The Bertz CT molecular complexity index is 983. The van der Waals surface area contributed by atoms with Crippen LogP contribution in [0.5, 0.6) is 5.75 Å². The van der Waals surface area contributed by atoms with Gasteiger partial charge in [0.15, 0.2) is 0 Å². The first-order chi connectivity index (χ1) is 14.0. The number of amides is 1. The summed E-state index contributed by atoms with van der Waals surface area (Å²) in [5, 5.41) is 15.1. The Morgan fingerprint density at radius 1 is 1.10 bits per heavy atom. The minimum Gasteiger partial charge on any atom is -0.507 e. The number of aromatic nitrogens is 2. The lowest BCUT2D eigenvalue weighted by Crippen LogP contribution is -2.22. The number of nitrogens with zero attached hydrogens (tertiary/aromatic N) is 4. The van der Waals surface area contributed by atoms with Gasteiger partial charge in [-0.05, 0) is 50.5 Å². The topological polar surface area (TPSA) is 90.7 Å². The number of hydrogen-bond donors (Lipinski definition) is 2. The molecule has 0 aliphatic carbocycles. The van der Waals surface area contributed by atoms with Crippen molar-refractivity contribution in [3.8, 4) is 5.75 Å². The highest BCUT2D eigenvalue weighted by Crippen LogP contribution is 2.28. The van der Waals surface area contributed by atoms with Crippen LogP contribution in [-0.4, -0.2) is 45.7 Å². The second kappa shape index (κ2) is 9.27. The van der Waals surface area contributed by atoms with Crippen LogP contribution in [0.25, 0.3) is 0 Å². The standard InChI is InChI=1S/C21H20ClN5O2/c1-27(2)13-14-11-15(22)12-16(20(14)28)21(29)26-25-19(17-7-3-5-9-23-17)18-8-4-6-10-24-18/h3-12,28H,13H2,1-2H3,(H,26,29). The van der Waals surface area contributed by atoms with Gasteiger partial charge in [0.25, 0.3) is 5.91 Å². The van der Waals surface area contributed by atoms with Crippen LogP contribution in [0.2, 0.25) is 5.02 Å². The van der Waals surface area contributed by atoms with E-state index in [1.807, 2.05) is 31.1 Å². The molecule has 0 saturated carbocycles. The summed E-state index contributed by atoms with van der Waals surface area (Å²) >= 11 is 6.14. The lowest BCUT2D eigenvalue weighted by atomic mass is 10.1. The minimum atomic E-state index is -0.589. The predicted molar refractivity (Wildman–Crippen MR) is 112 cm³/mol. The molecule has 0 spiro atoms. The molecule has 2 N–H and O–H groups in total. The van der Waals surface area contributed by atoms with Crippen molar-refractivity contribution in [2.75, 3.05) is 14.1 Å². The summed E-state index contributed by atoms with van der Waals surface area (Å²) in [6, 6.07) is 13.8. The summed E-state index contributed by atoms with van der Waals surface area (Å²) in [5.41, 5.74) is 4.57. The monoisotopic (exact) mass is 409 g/mol. The van der Waals surface area contributed by atoms with Crippen molar-refractivity contribution in [1.29, 1.82) is 0 Å². The van der Waals surface area contributed by atoms with Crippen molar-refractivity contribution < 1.29 is 9.90 Å². The van der Waals surface area contributed by atoms with E-state index in [0.717, 1.165) is 0 Å². The van der Waals surface area contributed by atoms with E-state index in [2.05, 4.69) is 20.5 Å². The molecule has 0 aliphatic heterocycles. The lowest BCUT2D eigenvalue weighted by Gasteiger charge is -2.14. The molecule has 2 heterocycles. The highest BCUT2D eigenvalue weighted by molar-refractivity contribution is 6.31. The van der Waals surface area contributed by atoms with E-state index in [1.165, 1.54) is 6.07 Å². The van der Waals surface area contributed by atoms with Crippen molar-refractivity contribution in [2.24, 2.45) is 5.10 Å². The van der Waals surface area contributed by atoms with E-state index in [1.54, 1.807) is 42.7 Å². The van der Waals surface area contributed by atoms with Gasteiger partial charge in [-0.25, -0.2) is 5.43 Å². The normalized spacial score (nSPS) is 10.6. The molecule has 1 amide bonds. The van der Waals surface area contributed by atoms with Gasteiger partial charge in [0.05, 0.1) is 17.0 Å². The highest BCUT2D eigenvalue weighted by Gasteiger charge is 2.17. The maximum absolute atomic E-state index is 12.7. The van der Waals surface area contributed by atoms with Crippen LogP contribution >= 0.6 is 11.6 Å². The molecule has 3 rings (SSSR count).